The summed E-state index contributed by atoms with van der Waals surface area (Å²) >= 11 is 0. The van der Waals surface area contributed by atoms with Crippen molar-refractivity contribution in [3.8, 4) is 0 Å². The molecule has 3 heterocycles. The van der Waals surface area contributed by atoms with Gasteiger partial charge in [0.2, 0.25) is 0 Å². The first-order chi connectivity index (χ1) is 11.8. The second-order valence-corrected chi connectivity index (χ2v) is 6.84. The number of piperidine rings is 1. The molecule has 2 aliphatic heterocycles. The van der Waals surface area contributed by atoms with Crippen molar-refractivity contribution in [2.24, 2.45) is 5.92 Å². The lowest BCUT2D eigenvalue weighted by atomic mass is 10.00. The van der Waals surface area contributed by atoms with E-state index in [1.54, 1.807) is 4.90 Å². The van der Waals surface area contributed by atoms with Crippen LogP contribution >= 0.6 is 0 Å². The number of aromatic nitrogens is 1. The van der Waals surface area contributed by atoms with E-state index in [9.17, 15) is 28.5 Å². The minimum absolute atomic E-state index is 0.129. The normalized spacial score (nSPS) is 31.5. The molecule has 3 N–H and O–H groups in total. The van der Waals surface area contributed by atoms with Gasteiger partial charge >= 0.3 is 6.18 Å². The molecule has 2 fully saturated rings. The molecule has 9 heteroatoms. The molecule has 25 heavy (non-hydrogen) atoms. The summed E-state index contributed by atoms with van der Waals surface area (Å²) in [4.78, 5) is 7.15. The highest BCUT2D eigenvalue weighted by molar-refractivity contribution is 5.54. The largest absolute Gasteiger partial charge is 0.419 e. The van der Waals surface area contributed by atoms with Crippen molar-refractivity contribution >= 4 is 5.69 Å². The van der Waals surface area contributed by atoms with Gasteiger partial charge in [0.25, 0.3) is 0 Å². The molecule has 1 aromatic heterocycles. The summed E-state index contributed by atoms with van der Waals surface area (Å²) in [6.07, 6.45) is -4.69. The van der Waals surface area contributed by atoms with Crippen LogP contribution < -0.4 is 4.90 Å². The summed E-state index contributed by atoms with van der Waals surface area (Å²) in [6, 6.07) is 1.38. The van der Waals surface area contributed by atoms with Crippen LogP contribution in [0.2, 0.25) is 0 Å². The monoisotopic (exact) mass is 361 g/mol. The molecule has 2 saturated heterocycles. The molecule has 140 valence electrons. The summed E-state index contributed by atoms with van der Waals surface area (Å²) in [5, 5.41) is 29.1. The number of hydrogen-bond acceptors (Lipinski definition) is 6. The number of anilines is 1. The minimum atomic E-state index is -4.45. The van der Waals surface area contributed by atoms with Gasteiger partial charge < -0.3 is 20.2 Å². The molecule has 6 nitrogen and oxygen atoms in total. The third-order valence-corrected chi connectivity index (χ3v) is 4.93. The molecule has 3 rings (SSSR count). The fourth-order valence-electron chi connectivity index (χ4n) is 3.67. The number of pyridine rings is 1. The van der Waals surface area contributed by atoms with Crippen molar-refractivity contribution in [1.29, 1.82) is 0 Å². The van der Waals surface area contributed by atoms with Gasteiger partial charge in [-0.1, -0.05) is 0 Å². The molecule has 0 bridgehead atoms. The summed E-state index contributed by atoms with van der Waals surface area (Å²) in [5.74, 6) is 0.129. The van der Waals surface area contributed by atoms with Gasteiger partial charge in [-0.05, 0) is 18.4 Å². The van der Waals surface area contributed by atoms with Gasteiger partial charge in [0.1, 0.15) is 6.10 Å². The van der Waals surface area contributed by atoms with E-state index in [1.807, 2.05) is 4.90 Å². The Kier molecular flexibility index (Phi) is 5.19. The molecule has 0 saturated carbocycles. The highest BCUT2D eigenvalue weighted by Crippen LogP contribution is 2.37. The fourth-order valence-corrected chi connectivity index (χ4v) is 3.67. The number of nitrogens with zero attached hydrogens (tertiary/aromatic N) is 3. The van der Waals surface area contributed by atoms with Crippen LogP contribution in [0.1, 0.15) is 12.0 Å². The minimum Gasteiger partial charge on any atom is -0.389 e. The molecule has 1 aromatic rings. The van der Waals surface area contributed by atoms with Crippen molar-refractivity contribution in [1.82, 2.24) is 9.88 Å². The lowest BCUT2D eigenvalue weighted by Crippen LogP contribution is -2.56. The van der Waals surface area contributed by atoms with Crippen LogP contribution in [0.3, 0.4) is 0 Å². The Hall–Kier alpha value is -1.42. The summed E-state index contributed by atoms with van der Waals surface area (Å²) in [6.45, 7) is 2.04. The van der Waals surface area contributed by atoms with Crippen molar-refractivity contribution in [2.45, 2.75) is 30.9 Å². The maximum Gasteiger partial charge on any atom is 0.419 e. The Labute approximate surface area is 143 Å². The quantitative estimate of drug-likeness (QED) is 0.720. The van der Waals surface area contributed by atoms with Gasteiger partial charge in [0.05, 0.1) is 23.5 Å². The number of hydrogen-bond donors (Lipinski definition) is 3. The molecule has 0 radical (unpaired) electrons. The first-order valence-electron chi connectivity index (χ1n) is 8.28. The van der Waals surface area contributed by atoms with Crippen LogP contribution in [-0.2, 0) is 6.18 Å². The molecule has 0 spiro atoms. The first kappa shape index (κ1) is 18.4. The van der Waals surface area contributed by atoms with E-state index < -0.39 is 30.1 Å². The Morgan fingerprint density at radius 3 is 2.44 bits per heavy atom. The summed E-state index contributed by atoms with van der Waals surface area (Å²) in [5.41, 5.74) is -0.596. The molecule has 2 aliphatic rings. The van der Waals surface area contributed by atoms with E-state index in [1.165, 1.54) is 12.3 Å². The second kappa shape index (κ2) is 7.06. The maximum absolute atomic E-state index is 13.1. The third-order valence-electron chi connectivity index (χ3n) is 4.93. The van der Waals surface area contributed by atoms with E-state index in [2.05, 4.69) is 4.98 Å². The Morgan fingerprint density at radius 1 is 1.12 bits per heavy atom. The number of aliphatic hydroxyl groups excluding tert-OH is 3. The fraction of sp³-hybridized carbons (Fsp3) is 0.688. The Morgan fingerprint density at radius 2 is 1.80 bits per heavy atom. The van der Waals surface area contributed by atoms with Gasteiger partial charge in [0, 0.05) is 45.1 Å². The lowest BCUT2D eigenvalue weighted by molar-refractivity contribution is -0.137. The lowest BCUT2D eigenvalue weighted by Gasteiger charge is -2.38. The number of alkyl halides is 3. The van der Waals surface area contributed by atoms with Crippen molar-refractivity contribution in [3.63, 3.8) is 0 Å². The van der Waals surface area contributed by atoms with Gasteiger partial charge in [-0.2, -0.15) is 13.2 Å². The van der Waals surface area contributed by atoms with Gasteiger partial charge in [-0.3, -0.25) is 9.88 Å². The number of β-amino-alcohol motifs (C(OH)–C–C–N with tert-alkyl or cyclic N) is 2. The van der Waals surface area contributed by atoms with Crippen molar-refractivity contribution in [3.05, 3.63) is 24.0 Å². The summed E-state index contributed by atoms with van der Waals surface area (Å²) in [7, 11) is 0. The third kappa shape index (κ3) is 4.05. The predicted octanol–water partition coefficient (Wildman–Crippen LogP) is 0.325. The topological polar surface area (TPSA) is 80.1 Å². The van der Waals surface area contributed by atoms with Gasteiger partial charge in [-0.25, -0.2) is 0 Å². The number of aliphatic hydroxyl groups is 3. The average Bonchev–Trinajstić information content (AvgIpc) is 3.00. The molecular formula is C16H22F3N3O3. The average molecular weight is 361 g/mol. The predicted molar refractivity (Wildman–Crippen MR) is 84.0 cm³/mol. The number of likely N-dealkylation sites (tertiary alicyclic amines) is 1. The van der Waals surface area contributed by atoms with Gasteiger partial charge in [0.15, 0.2) is 0 Å². The molecule has 0 aromatic carbocycles. The van der Waals surface area contributed by atoms with E-state index in [4.69, 9.17) is 0 Å². The zero-order chi connectivity index (χ0) is 18.2. The van der Waals surface area contributed by atoms with E-state index in [0.717, 1.165) is 12.6 Å². The highest BCUT2D eigenvalue weighted by Gasteiger charge is 2.38. The molecule has 2 unspecified atom stereocenters. The van der Waals surface area contributed by atoms with Crippen LogP contribution in [0.15, 0.2) is 18.5 Å². The summed E-state index contributed by atoms with van der Waals surface area (Å²) < 4.78 is 39.4. The van der Waals surface area contributed by atoms with Crippen LogP contribution in [0, 0.1) is 5.92 Å². The molecular weight excluding hydrogens is 339 g/mol. The van der Waals surface area contributed by atoms with Crippen molar-refractivity contribution < 1.29 is 28.5 Å². The molecule has 0 amide bonds. The Bertz CT molecular complexity index is 589. The second-order valence-electron chi connectivity index (χ2n) is 6.84. The number of halogens is 3. The van der Waals surface area contributed by atoms with Crippen LogP contribution in [-0.4, -0.2) is 76.2 Å². The standard InChI is InChI=1S/C16H22F3N3O3/c17-16(18,19)11-5-20-3-1-12(11)22-4-2-10(7-22)6-21-8-13(23)15(25)14(24)9-21/h1,3,5,10,13-15,23-25H,2,4,6-9H2/t10-,13?,14?,15?/m1/s1. The van der Waals surface area contributed by atoms with Crippen molar-refractivity contribution in [2.75, 3.05) is 37.6 Å². The van der Waals surface area contributed by atoms with Crippen LogP contribution in [0.4, 0.5) is 18.9 Å². The molecule has 0 aliphatic carbocycles. The Balaban J connectivity index is 1.63. The van der Waals surface area contributed by atoms with Crippen LogP contribution in [0.5, 0.6) is 0 Å². The zero-order valence-corrected chi connectivity index (χ0v) is 13.6. The first-order valence-corrected chi connectivity index (χ1v) is 8.28. The van der Waals surface area contributed by atoms with E-state index in [-0.39, 0.29) is 24.7 Å². The smallest absolute Gasteiger partial charge is 0.389 e. The van der Waals surface area contributed by atoms with E-state index >= 15 is 0 Å². The highest BCUT2D eigenvalue weighted by atomic mass is 19.4. The number of rotatable bonds is 3. The SMILES string of the molecule is OC1CN(C[C@H]2CCN(c3ccncc3C(F)(F)F)C2)CC(O)C1O. The van der Waals surface area contributed by atoms with Gasteiger partial charge in [-0.15, -0.1) is 0 Å². The zero-order valence-electron chi connectivity index (χ0n) is 13.6. The van der Waals surface area contributed by atoms with Crippen LogP contribution in [0.25, 0.3) is 0 Å². The molecule has 3 atom stereocenters. The maximum atomic E-state index is 13.1. The van der Waals surface area contributed by atoms with E-state index in [0.29, 0.717) is 19.6 Å².